The fraction of sp³-hybridized carbons (Fsp3) is 0.313. The molecule has 0 saturated carbocycles. The zero-order chi connectivity index (χ0) is 63.2. The van der Waals surface area contributed by atoms with Crippen LogP contribution in [-0.4, -0.2) is 93.5 Å². The van der Waals surface area contributed by atoms with Crippen LogP contribution in [0.1, 0.15) is 127 Å². The summed E-state index contributed by atoms with van der Waals surface area (Å²) < 4.78 is 71.4. The number of fused-ring (bicyclic) bond motifs is 2. The fourth-order valence-corrected chi connectivity index (χ4v) is 9.13. The van der Waals surface area contributed by atoms with E-state index in [2.05, 4.69) is 10.6 Å². The summed E-state index contributed by atoms with van der Waals surface area (Å²) >= 11 is 0. The van der Waals surface area contributed by atoms with E-state index in [1.807, 2.05) is 73.6 Å². The predicted octanol–water partition coefficient (Wildman–Crippen LogP) is 12.5. The summed E-state index contributed by atoms with van der Waals surface area (Å²) in [4.78, 5) is 74.3. The Kier molecular flexibility index (Phi) is 19.6. The number of furan rings is 2. The summed E-state index contributed by atoms with van der Waals surface area (Å²) in [6, 6.07) is 32.4. The lowest BCUT2D eigenvalue weighted by molar-refractivity contribution is -0.140. The van der Waals surface area contributed by atoms with E-state index in [1.165, 1.54) is 64.7 Å². The van der Waals surface area contributed by atoms with Crippen LogP contribution >= 0.6 is 0 Å². The molecule has 1 aliphatic rings. The second-order valence-electron chi connectivity index (χ2n) is 23.4. The van der Waals surface area contributed by atoms with Crippen molar-refractivity contribution in [3.63, 3.8) is 0 Å². The highest BCUT2D eigenvalue weighted by Gasteiger charge is 2.52. The minimum absolute atomic E-state index is 0.0691. The van der Waals surface area contributed by atoms with Gasteiger partial charge in [-0.2, -0.15) is 0 Å². The first-order valence-electron chi connectivity index (χ1n) is 27.6. The summed E-state index contributed by atoms with van der Waals surface area (Å²) in [7, 11) is 5.19. The minimum Gasteiger partial charge on any atom is -0.469 e. The largest absolute Gasteiger partial charge is 0.494 e. The molecule has 9 rings (SSSR count). The van der Waals surface area contributed by atoms with Crippen LogP contribution in [0.2, 0.25) is 0 Å². The molecule has 86 heavy (non-hydrogen) atoms. The molecule has 450 valence electrons. The van der Waals surface area contributed by atoms with Crippen LogP contribution in [0.4, 0.5) is 8.78 Å². The monoisotopic (exact) mass is 1180 g/mol. The van der Waals surface area contributed by atoms with Crippen LogP contribution in [0.25, 0.3) is 55.7 Å². The second kappa shape index (κ2) is 26.1. The molecular formula is C67H71BF2N2O14. The molecule has 1 aliphatic heterocycles. The van der Waals surface area contributed by atoms with Crippen molar-refractivity contribution in [1.82, 2.24) is 10.6 Å². The first-order chi connectivity index (χ1) is 40.4. The quantitative estimate of drug-likeness (QED) is 0.0663. The number of hydrogen-bond donors (Lipinski definition) is 2. The SMILES string of the molecule is CC(C)(C)OC(=O)c1cccc(B2OC(C)(C)C(C)(C)O2)c1.CNC(=O)c1c(-c2ccc(F)cc2)oc2cc(CC(=O)OC)c(-c3cccc(C(=O)OC(C)(C)C)c3)cc12.CNC(=O)c1c(-c2ccc(F)cc2)oc2cc(CC(=O)OC)c(C)cc12. The Morgan fingerprint density at radius 2 is 0.953 bits per heavy atom. The maximum atomic E-state index is 13.6. The molecule has 2 aromatic heterocycles. The summed E-state index contributed by atoms with van der Waals surface area (Å²) in [5, 5.41) is 6.37. The maximum absolute atomic E-state index is 13.6. The van der Waals surface area contributed by atoms with E-state index < -0.39 is 53.2 Å². The van der Waals surface area contributed by atoms with Crippen molar-refractivity contribution in [2.45, 2.75) is 111 Å². The first kappa shape index (κ1) is 64.6. The molecule has 16 nitrogen and oxygen atoms in total. The number of methoxy groups -OCH3 is 2. The molecule has 8 aromatic rings. The first-order valence-corrected chi connectivity index (χ1v) is 27.6. The van der Waals surface area contributed by atoms with Gasteiger partial charge < -0.3 is 47.7 Å². The van der Waals surface area contributed by atoms with E-state index in [-0.39, 0.29) is 47.8 Å². The number of rotatable bonds is 12. The average molecular weight is 1180 g/mol. The van der Waals surface area contributed by atoms with Crippen LogP contribution in [-0.2, 0) is 50.7 Å². The van der Waals surface area contributed by atoms with E-state index in [9.17, 15) is 37.5 Å². The number of carbonyl (C=O) groups excluding carboxylic acids is 6. The number of hydrogen-bond acceptors (Lipinski definition) is 14. The van der Waals surface area contributed by atoms with Gasteiger partial charge in [-0.05, 0) is 207 Å². The van der Waals surface area contributed by atoms with Gasteiger partial charge in [-0.3, -0.25) is 19.2 Å². The normalized spacial score (nSPS) is 13.4. The van der Waals surface area contributed by atoms with Crippen molar-refractivity contribution in [2.24, 2.45) is 0 Å². The number of halogens is 2. The van der Waals surface area contributed by atoms with Gasteiger partial charge in [0.15, 0.2) is 0 Å². The van der Waals surface area contributed by atoms with Gasteiger partial charge in [0.25, 0.3) is 11.8 Å². The van der Waals surface area contributed by atoms with Gasteiger partial charge in [0.05, 0.1) is 60.5 Å². The third-order valence-corrected chi connectivity index (χ3v) is 14.2. The van der Waals surface area contributed by atoms with Crippen molar-refractivity contribution < 1.29 is 74.6 Å². The molecule has 19 heteroatoms. The molecule has 0 radical (unpaired) electrons. The maximum Gasteiger partial charge on any atom is 0.494 e. The lowest BCUT2D eigenvalue weighted by atomic mass is 9.78. The number of carbonyl (C=O) groups is 6. The van der Waals surface area contributed by atoms with Gasteiger partial charge in [0.1, 0.15) is 45.5 Å². The summed E-state index contributed by atoms with van der Waals surface area (Å²) in [6.45, 7) is 20.8. The molecule has 6 aromatic carbocycles. The third-order valence-electron chi connectivity index (χ3n) is 14.2. The fourth-order valence-electron chi connectivity index (χ4n) is 9.13. The van der Waals surface area contributed by atoms with E-state index >= 15 is 0 Å². The lowest BCUT2D eigenvalue weighted by Crippen LogP contribution is -2.41. The van der Waals surface area contributed by atoms with E-state index in [1.54, 1.807) is 87.5 Å². The lowest BCUT2D eigenvalue weighted by Gasteiger charge is -2.32. The van der Waals surface area contributed by atoms with Crippen LogP contribution in [0.15, 0.2) is 130 Å². The molecule has 2 N–H and O–H groups in total. The molecule has 2 amide bonds. The van der Waals surface area contributed by atoms with Gasteiger partial charge in [0, 0.05) is 36.0 Å². The standard InChI is InChI=1S/C30H28FNO6.C20H18FNO4.C17H25BO4/c1-30(2,3)38-29(35)19-8-6-7-18(13-19)22-16-23-24(14-20(22)15-25(33)36-5)37-27(26(23)28(34)32-4)17-9-11-21(31)12-10-17;1-11-8-15-16(9-13(11)10-17(23)25-3)26-19(18(15)20(24)22-2)12-4-6-14(21)7-5-12;1-15(2,3)20-14(19)12-9-8-10-13(11-12)18-21-16(4,5)17(6,7)22-18/h6-14,16H,15H2,1-5H3,(H,32,34);4-9H,10H2,1-3H3,(H,22,24);8-11H,1-7H3. The number of aryl methyl sites for hydroxylation is 1. The average Bonchev–Trinajstić information content (AvgIpc) is 1.76. The number of esters is 4. The molecule has 1 saturated heterocycles. The highest BCUT2D eigenvalue weighted by atomic mass is 19.1. The summed E-state index contributed by atoms with van der Waals surface area (Å²) in [5.74, 6) is -2.51. The molecule has 0 atom stereocenters. The Balaban J connectivity index is 0.000000193. The third kappa shape index (κ3) is 15.3. The minimum atomic E-state index is -0.669. The van der Waals surface area contributed by atoms with Crippen molar-refractivity contribution in [2.75, 3.05) is 28.3 Å². The summed E-state index contributed by atoms with van der Waals surface area (Å²) in [5.41, 5.74) is 5.71. The van der Waals surface area contributed by atoms with Crippen LogP contribution in [0.5, 0.6) is 0 Å². The van der Waals surface area contributed by atoms with Crippen molar-refractivity contribution in [3.05, 3.63) is 172 Å². The van der Waals surface area contributed by atoms with Crippen LogP contribution < -0.4 is 16.1 Å². The Morgan fingerprint density at radius 3 is 1.40 bits per heavy atom. The Morgan fingerprint density at radius 1 is 0.535 bits per heavy atom. The Bertz CT molecular complexity index is 3830. The van der Waals surface area contributed by atoms with E-state index in [0.29, 0.717) is 72.2 Å². The summed E-state index contributed by atoms with van der Waals surface area (Å²) in [6.07, 6.45) is 0.0422. The number of nitrogens with one attached hydrogen (secondary N) is 2. The van der Waals surface area contributed by atoms with Gasteiger partial charge in [0.2, 0.25) is 0 Å². The molecule has 3 heterocycles. The number of benzene rings is 6. The molecule has 0 bridgehead atoms. The van der Waals surface area contributed by atoms with E-state index in [0.717, 1.165) is 16.6 Å². The molecule has 0 spiro atoms. The van der Waals surface area contributed by atoms with Gasteiger partial charge >= 0.3 is 31.0 Å². The van der Waals surface area contributed by atoms with Crippen molar-refractivity contribution in [1.29, 1.82) is 0 Å². The van der Waals surface area contributed by atoms with Crippen molar-refractivity contribution in [3.8, 4) is 33.8 Å². The number of ether oxygens (including phenoxy) is 4. The Hall–Kier alpha value is -8.94. The topological polar surface area (TPSA) is 208 Å². The number of amides is 2. The highest BCUT2D eigenvalue weighted by Crippen LogP contribution is 2.40. The van der Waals surface area contributed by atoms with Crippen LogP contribution in [0, 0.1) is 18.6 Å². The van der Waals surface area contributed by atoms with Gasteiger partial charge in [-0.15, -0.1) is 0 Å². The van der Waals surface area contributed by atoms with Crippen molar-refractivity contribution >= 4 is 70.2 Å². The second-order valence-corrected chi connectivity index (χ2v) is 23.4. The molecular weight excluding hydrogens is 1110 g/mol. The van der Waals surface area contributed by atoms with Gasteiger partial charge in [-0.1, -0.05) is 24.3 Å². The predicted molar refractivity (Wildman–Crippen MR) is 324 cm³/mol. The molecule has 0 aliphatic carbocycles. The molecule has 0 unspecified atom stereocenters. The highest BCUT2D eigenvalue weighted by molar-refractivity contribution is 6.62. The van der Waals surface area contributed by atoms with Gasteiger partial charge in [-0.25, -0.2) is 18.4 Å². The smallest absolute Gasteiger partial charge is 0.469 e. The van der Waals surface area contributed by atoms with Crippen LogP contribution in [0.3, 0.4) is 0 Å². The zero-order valence-corrected chi connectivity index (χ0v) is 51.0. The van der Waals surface area contributed by atoms with E-state index in [4.69, 9.17) is 37.1 Å². The zero-order valence-electron chi connectivity index (χ0n) is 51.0. The Labute approximate surface area is 499 Å². The molecule has 1 fully saturated rings.